The van der Waals surface area contributed by atoms with Crippen molar-refractivity contribution in [2.45, 2.75) is 58.8 Å². The van der Waals surface area contributed by atoms with Crippen molar-refractivity contribution in [2.24, 2.45) is 0 Å². The number of aromatic nitrogens is 2. The summed E-state index contributed by atoms with van der Waals surface area (Å²) in [5.74, 6) is 1.74. The predicted molar refractivity (Wildman–Crippen MR) is 144 cm³/mol. The molecule has 1 fully saturated rings. The topological polar surface area (TPSA) is 80.4 Å². The second-order valence-electron chi connectivity index (χ2n) is 10.7. The summed E-state index contributed by atoms with van der Waals surface area (Å²) in [5.41, 5.74) is 3.26. The Morgan fingerprint density at radius 1 is 1.05 bits per heavy atom. The van der Waals surface area contributed by atoms with Gasteiger partial charge in [0.1, 0.15) is 23.3 Å². The van der Waals surface area contributed by atoms with Crippen molar-refractivity contribution in [3.8, 4) is 11.8 Å². The number of hydrogen-bond donors (Lipinski definition) is 0. The molecule has 0 bridgehead atoms. The molecule has 190 valence electrons. The highest BCUT2D eigenvalue weighted by Gasteiger charge is 2.27. The van der Waals surface area contributed by atoms with Gasteiger partial charge in [-0.15, -0.1) is 0 Å². The van der Waals surface area contributed by atoms with Crippen molar-refractivity contribution in [1.29, 1.82) is 5.26 Å². The smallest absolute Gasteiger partial charge is 0.410 e. The van der Waals surface area contributed by atoms with Crippen LogP contribution >= 0.6 is 0 Å². The first-order valence-electron chi connectivity index (χ1n) is 12.7. The van der Waals surface area contributed by atoms with E-state index in [1.807, 2.05) is 58.0 Å². The average Bonchev–Trinajstić information content (AvgIpc) is 3.17. The van der Waals surface area contributed by atoms with Crippen LogP contribution in [0.25, 0.3) is 21.8 Å². The summed E-state index contributed by atoms with van der Waals surface area (Å²) in [7, 11) is 0. The number of likely N-dealkylation sites (tertiary alicyclic amines) is 1. The molecule has 1 saturated heterocycles. The van der Waals surface area contributed by atoms with Gasteiger partial charge in [0.05, 0.1) is 22.7 Å². The number of piperidine rings is 1. The molecule has 37 heavy (non-hydrogen) atoms. The molecular weight excluding hydrogens is 464 g/mol. The minimum absolute atomic E-state index is 0.0448. The number of rotatable bonds is 4. The molecule has 0 atom stereocenters. The molecule has 0 aliphatic carbocycles. The average molecular weight is 497 g/mol. The van der Waals surface area contributed by atoms with Gasteiger partial charge in [0, 0.05) is 38.5 Å². The molecule has 0 N–H and O–H groups in total. The minimum Gasteiger partial charge on any atom is -0.490 e. The minimum atomic E-state index is -0.493. The van der Waals surface area contributed by atoms with Gasteiger partial charge in [0.25, 0.3) is 0 Å². The number of aryl methyl sites for hydroxylation is 1. The molecule has 7 heteroatoms. The van der Waals surface area contributed by atoms with Crippen LogP contribution in [0.15, 0.2) is 54.6 Å². The third-order valence-corrected chi connectivity index (χ3v) is 6.68. The van der Waals surface area contributed by atoms with E-state index in [2.05, 4.69) is 34.9 Å². The summed E-state index contributed by atoms with van der Waals surface area (Å²) in [6.45, 7) is 9.58. The van der Waals surface area contributed by atoms with E-state index in [1.54, 1.807) is 4.90 Å². The zero-order valence-corrected chi connectivity index (χ0v) is 21.8. The molecule has 0 spiro atoms. The number of carbonyl (C=O) groups is 1. The van der Waals surface area contributed by atoms with Gasteiger partial charge in [0.2, 0.25) is 0 Å². The van der Waals surface area contributed by atoms with E-state index in [0.717, 1.165) is 51.8 Å². The SMILES string of the molecule is Cc1nc2ccc(OC3CCN(C(=O)OC(C)(C)C)CC3)cc2n1Cc1ccc2ccc(C#N)cc2c1. The highest BCUT2D eigenvalue weighted by molar-refractivity contribution is 5.84. The second kappa shape index (κ2) is 9.78. The van der Waals surface area contributed by atoms with Crippen LogP contribution in [0.5, 0.6) is 5.75 Å². The normalized spacial score (nSPS) is 14.6. The van der Waals surface area contributed by atoms with E-state index >= 15 is 0 Å². The van der Waals surface area contributed by atoms with E-state index in [1.165, 1.54) is 0 Å². The highest BCUT2D eigenvalue weighted by atomic mass is 16.6. The third-order valence-electron chi connectivity index (χ3n) is 6.68. The third kappa shape index (κ3) is 5.54. The fourth-order valence-corrected chi connectivity index (χ4v) is 4.82. The maximum atomic E-state index is 12.4. The summed E-state index contributed by atoms with van der Waals surface area (Å²) in [6.07, 6.45) is 1.31. The van der Waals surface area contributed by atoms with Crippen molar-refractivity contribution in [3.05, 3.63) is 71.5 Å². The standard InChI is InChI=1S/C30H32N4O3/c1-20-32-27-10-9-26(36-25-11-13-33(14-12-25)29(35)37-30(2,3)4)17-28(27)34(20)19-22-6-8-23-7-5-21(18-31)15-24(23)16-22/h5-10,15-17,25H,11-14,19H2,1-4H3. The quantitative estimate of drug-likeness (QED) is 0.336. The Kier molecular flexibility index (Phi) is 6.51. The molecule has 1 aromatic heterocycles. The molecular formula is C30H32N4O3. The van der Waals surface area contributed by atoms with Crippen LogP contribution in [-0.4, -0.2) is 45.3 Å². The maximum Gasteiger partial charge on any atom is 0.410 e. The molecule has 0 saturated carbocycles. The number of fused-ring (bicyclic) bond motifs is 2. The lowest BCUT2D eigenvalue weighted by Crippen LogP contribution is -2.44. The van der Waals surface area contributed by atoms with Crippen LogP contribution in [0.4, 0.5) is 4.79 Å². The van der Waals surface area contributed by atoms with Gasteiger partial charge < -0.3 is 18.9 Å². The number of amides is 1. The number of hydrogen-bond acceptors (Lipinski definition) is 5. The predicted octanol–water partition coefficient (Wildman–Crippen LogP) is 6.20. The van der Waals surface area contributed by atoms with Crippen LogP contribution in [0.2, 0.25) is 0 Å². The van der Waals surface area contributed by atoms with Gasteiger partial charge in [-0.3, -0.25) is 0 Å². The van der Waals surface area contributed by atoms with Gasteiger partial charge in [-0.05, 0) is 74.4 Å². The Labute approximate surface area is 217 Å². The molecule has 5 rings (SSSR count). The summed E-state index contributed by atoms with van der Waals surface area (Å²) in [5, 5.41) is 11.4. The zero-order chi connectivity index (χ0) is 26.2. The Balaban J connectivity index is 1.31. The lowest BCUT2D eigenvalue weighted by molar-refractivity contribution is 0.0127. The lowest BCUT2D eigenvalue weighted by atomic mass is 10.0. The van der Waals surface area contributed by atoms with Gasteiger partial charge in [-0.1, -0.05) is 18.2 Å². The molecule has 1 aliphatic rings. The van der Waals surface area contributed by atoms with Crippen LogP contribution in [0.3, 0.4) is 0 Å². The first-order chi connectivity index (χ1) is 17.7. The first-order valence-corrected chi connectivity index (χ1v) is 12.7. The summed E-state index contributed by atoms with van der Waals surface area (Å²) < 4.78 is 14.0. The molecule has 2 heterocycles. The van der Waals surface area contributed by atoms with E-state index in [0.29, 0.717) is 25.2 Å². The van der Waals surface area contributed by atoms with Crippen molar-refractivity contribution < 1.29 is 14.3 Å². The monoisotopic (exact) mass is 496 g/mol. The molecule has 1 amide bonds. The summed E-state index contributed by atoms with van der Waals surface area (Å²) in [6, 6.07) is 20.4. The van der Waals surface area contributed by atoms with Crippen LogP contribution in [-0.2, 0) is 11.3 Å². The number of ether oxygens (including phenoxy) is 2. The van der Waals surface area contributed by atoms with E-state index in [-0.39, 0.29) is 12.2 Å². The second-order valence-corrected chi connectivity index (χ2v) is 10.7. The van der Waals surface area contributed by atoms with Gasteiger partial charge >= 0.3 is 6.09 Å². The Morgan fingerprint density at radius 2 is 1.81 bits per heavy atom. The number of nitrogens with zero attached hydrogens (tertiary/aromatic N) is 4. The van der Waals surface area contributed by atoms with Crippen LogP contribution in [0.1, 0.15) is 50.6 Å². The van der Waals surface area contributed by atoms with E-state index < -0.39 is 5.60 Å². The van der Waals surface area contributed by atoms with E-state index in [9.17, 15) is 10.1 Å². The van der Waals surface area contributed by atoms with Crippen molar-refractivity contribution in [2.75, 3.05) is 13.1 Å². The molecule has 7 nitrogen and oxygen atoms in total. The molecule has 0 radical (unpaired) electrons. The number of imidazole rings is 1. The Morgan fingerprint density at radius 3 is 2.54 bits per heavy atom. The van der Waals surface area contributed by atoms with Crippen molar-refractivity contribution in [1.82, 2.24) is 14.5 Å². The Hall–Kier alpha value is -4.05. The molecule has 1 aliphatic heterocycles. The molecule has 0 unspecified atom stereocenters. The molecule has 3 aromatic carbocycles. The van der Waals surface area contributed by atoms with E-state index in [4.69, 9.17) is 14.5 Å². The summed E-state index contributed by atoms with van der Waals surface area (Å²) >= 11 is 0. The van der Waals surface area contributed by atoms with Gasteiger partial charge in [-0.2, -0.15) is 5.26 Å². The number of benzene rings is 3. The Bertz CT molecular complexity index is 1500. The van der Waals surface area contributed by atoms with Crippen molar-refractivity contribution in [3.63, 3.8) is 0 Å². The highest BCUT2D eigenvalue weighted by Crippen LogP contribution is 2.27. The van der Waals surface area contributed by atoms with Gasteiger partial charge in [0.15, 0.2) is 0 Å². The van der Waals surface area contributed by atoms with Crippen molar-refractivity contribution >= 4 is 27.9 Å². The largest absolute Gasteiger partial charge is 0.490 e. The maximum absolute atomic E-state index is 12.4. The first kappa shape index (κ1) is 24.6. The number of carbonyl (C=O) groups excluding carboxylic acids is 1. The number of nitriles is 1. The fourth-order valence-electron chi connectivity index (χ4n) is 4.82. The van der Waals surface area contributed by atoms with Crippen LogP contribution in [0, 0.1) is 18.3 Å². The lowest BCUT2D eigenvalue weighted by Gasteiger charge is -2.33. The zero-order valence-electron chi connectivity index (χ0n) is 21.8. The fraction of sp³-hybridized carbons (Fsp3) is 0.367. The summed E-state index contributed by atoms with van der Waals surface area (Å²) in [4.78, 5) is 18.9. The van der Waals surface area contributed by atoms with Crippen LogP contribution < -0.4 is 4.74 Å². The van der Waals surface area contributed by atoms with Gasteiger partial charge in [-0.25, -0.2) is 9.78 Å². The molecule has 4 aromatic rings.